The molecule has 1 aromatic heterocycles. The highest BCUT2D eigenvalue weighted by molar-refractivity contribution is 7.10. The Labute approximate surface area is 75.8 Å². The summed E-state index contributed by atoms with van der Waals surface area (Å²) in [6.07, 6.45) is 0. The third-order valence-electron chi connectivity index (χ3n) is 1.54. The molecule has 0 radical (unpaired) electrons. The van der Waals surface area contributed by atoms with Crippen LogP contribution in [-0.2, 0) is 0 Å². The molecule has 2 amide bonds. The second-order valence-electron chi connectivity index (χ2n) is 2.46. The highest BCUT2D eigenvalue weighted by Crippen LogP contribution is 2.17. The quantitative estimate of drug-likeness (QED) is 0.722. The average Bonchev–Trinajstić information content (AvgIpc) is 2.56. The van der Waals surface area contributed by atoms with Gasteiger partial charge in [0.1, 0.15) is 0 Å². The van der Waals surface area contributed by atoms with Gasteiger partial charge in [-0.1, -0.05) is 6.07 Å². The second-order valence-corrected chi connectivity index (χ2v) is 3.44. The number of urea groups is 1. The number of hydrogen-bond donors (Lipinski definition) is 2. The van der Waals surface area contributed by atoms with Crippen molar-refractivity contribution in [3.05, 3.63) is 22.4 Å². The summed E-state index contributed by atoms with van der Waals surface area (Å²) in [5, 5.41) is 7.30. The molecule has 1 aromatic rings. The summed E-state index contributed by atoms with van der Waals surface area (Å²) in [5.41, 5.74) is 0. The predicted octanol–water partition coefficient (Wildman–Crippen LogP) is 1.74. The lowest BCUT2D eigenvalue weighted by atomic mass is 10.3. The molecule has 0 aliphatic heterocycles. The predicted molar refractivity (Wildman–Crippen MR) is 50.3 cm³/mol. The Hall–Kier alpha value is -1.03. The van der Waals surface area contributed by atoms with Crippen molar-refractivity contribution in [2.75, 3.05) is 7.05 Å². The van der Waals surface area contributed by atoms with Crippen molar-refractivity contribution in [3.63, 3.8) is 0 Å². The fourth-order valence-electron chi connectivity index (χ4n) is 0.878. The molecule has 2 N–H and O–H groups in total. The molecular weight excluding hydrogens is 172 g/mol. The molecule has 1 atom stereocenters. The van der Waals surface area contributed by atoms with Crippen LogP contribution in [0.1, 0.15) is 17.8 Å². The van der Waals surface area contributed by atoms with Crippen molar-refractivity contribution >= 4 is 17.4 Å². The number of amides is 2. The van der Waals surface area contributed by atoms with Crippen LogP contribution < -0.4 is 10.6 Å². The minimum atomic E-state index is -0.143. The van der Waals surface area contributed by atoms with Gasteiger partial charge in [0.2, 0.25) is 0 Å². The third kappa shape index (κ3) is 2.23. The van der Waals surface area contributed by atoms with Crippen LogP contribution in [0.4, 0.5) is 4.79 Å². The Kier molecular flexibility index (Phi) is 3.10. The molecule has 4 heteroatoms. The average molecular weight is 184 g/mol. The maximum atomic E-state index is 10.9. The number of carbonyl (C=O) groups excluding carboxylic acids is 1. The molecule has 0 fully saturated rings. The molecule has 12 heavy (non-hydrogen) atoms. The summed E-state index contributed by atoms with van der Waals surface area (Å²) in [4.78, 5) is 12.1. The summed E-state index contributed by atoms with van der Waals surface area (Å²) >= 11 is 1.64. The topological polar surface area (TPSA) is 41.1 Å². The van der Waals surface area contributed by atoms with Crippen LogP contribution in [0.2, 0.25) is 0 Å². The van der Waals surface area contributed by atoms with Gasteiger partial charge in [0.05, 0.1) is 6.04 Å². The van der Waals surface area contributed by atoms with Gasteiger partial charge >= 0.3 is 6.03 Å². The molecule has 0 saturated heterocycles. The Morgan fingerprint density at radius 1 is 1.67 bits per heavy atom. The zero-order valence-corrected chi connectivity index (χ0v) is 7.94. The summed E-state index contributed by atoms with van der Waals surface area (Å²) in [7, 11) is 1.61. The molecule has 1 rings (SSSR count). The van der Waals surface area contributed by atoms with Crippen molar-refractivity contribution in [3.8, 4) is 0 Å². The van der Waals surface area contributed by atoms with Crippen LogP contribution in [0.25, 0.3) is 0 Å². The molecule has 66 valence electrons. The van der Waals surface area contributed by atoms with Gasteiger partial charge in [0, 0.05) is 11.9 Å². The first-order valence-electron chi connectivity index (χ1n) is 3.75. The highest BCUT2D eigenvalue weighted by atomic mass is 32.1. The minimum Gasteiger partial charge on any atom is -0.341 e. The van der Waals surface area contributed by atoms with E-state index in [1.807, 2.05) is 24.4 Å². The molecule has 0 saturated carbocycles. The van der Waals surface area contributed by atoms with E-state index in [-0.39, 0.29) is 12.1 Å². The maximum Gasteiger partial charge on any atom is 0.315 e. The van der Waals surface area contributed by atoms with Crippen molar-refractivity contribution in [2.45, 2.75) is 13.0 Å². The lowest BCUT2D eigenvalue weighted by molar-refractivity contribution is 0.240. The SMILES string of the molecule is CNC(=O)NC(C)c1cccs1. The Bertz CT molecular complexity index is 246. The van der Waals surface area contributed by atoms with Gasteiger partial charge in [0.25, 0.3) is 0 Å². The maximum absolute atomic E-state index is 10.9. The smallest absolute Gasteiger partial charge is 0.315 e. The first-order valence-corrected chi connectivity index (χ1v) is 4.63. The summed E-state index contributed by atoms with van der Waals surface area (Å²) in [5.74, 6) is 0. The summed E-state index contributed by atoms with van der Waals surface area (Å²) in [6.45, 7) is 1.96. The Morgan fingerprint density at radius 3 is 2.92 bits per heavy atom. The highest BCUT2D eigenvalue weighted by Gasteiger charge is 2.07. The van der Waals surface area contributed by atoms with E-state index in [2.05, 4.69) is 10.6 Å². The fraction of sp³-hybridized carbons (Fsp3) is 0.375. The van der Waals surface area contributed by atoms with E-state index in [0.717, 1.165) is 0 Å². The van der Waals surface area contributed by atoms with Crippen LogP contribution >= 0.6 is 11.3 Å². The molecule has 0 aromatic carbocycles. The van der Waals surface area contributed by atoms with Crippen LogP contribution in [0, 0.1) is 0 Å². The molecule has 1 heterocycles. The van der Waals surface area contributed by atoms with Crippen LogP contribution in [0.15, 0.2) is 17.5 Å². The normalized spacial score (nSPS) is 12.2. The van der Waals surface area contributed by atoms with E-state index in [4.69, 9.17) is 0 Å². The van der Waals surface area contributed by atoms with Crippen molar-refractivity contribution in [1.29, 1.82) is 0 Å². The van der Waals surface area contributed by atoms with Crippen molar-refractivity contribution in [1.82, 2.24) is 10.6 Å². The number of hydrogen-bond acceptors (Lipinski definition) is 2. The van der Waals surface area contributed by atoms with Gasteiger partial charge in [-0.2, -0.15) is 0 Å². The standard InChI is InChI=1S/C8H12N2OS/c1-6(10-8(11)9-2)7-4-3-5-12-7/h3-6H,1-2H3,(H2,9,10,11). The molecular formula is C8H12N2OS. The molecule has 0 bridgehead atoms. The van der Waals surface area contributed by atoms with E-state index in [1.165, 1.54) is 4.88 Å². The lowest BCUT2D eigenvalue weighted by Gasteiger charge is -2.10. The monoisotopic (exact) mass is 184 g/mol. The number of carbonyl (C=O) groups is 1. The van der Waals surface area contributed by atoms with Crippen LogP contribution in [0.3, 0.4) is 0 Å². The summed E-state index contributed by atoms with van der Waals surface area (Å²) in [6, 6.07) is 3.92. The Balaban J connectivity index is 2.49. The molecule has 0 aliphatic carbocycles. The molecule has 3 nitrogen and oxygen atoms in total. The number of thiophene rings is 1. The van der Waals surface area contributed by atoms with E-state index >= 15 is 0 Å². The summed E-state index contributed by atoms with van der Waals surface area (Å²) < 4.78 is 0. The molecule has 1 unspecified atom stereocenters. The zero-order chi connectivity index (χ0) is 8.97. The van der Waals surface area contributed by atoms with Gasteiger partial charge in [-0.05, 0) is 18.4 Å². The van der Waals surface area contributed by atoms with Gasteiger partial charge in [0.15, 0.2) is 0 Å². The van der Waals surface area contributed by atoms with E-state index in [1.54, 1.807) is 18.4 Å². The second kappa shape index (κ2) is 4.11. The van der Waals surface area contributed by atoms with Crippen LogP contribution in [-0.4, -0.2) is 13.1 Å². The van der Waals surface area contributed by atoms with Gasteiger partial charge < -0.3 is 10.6 Å². The number of nitrogens with one attached hydrogen (secondary N) is 2. The van der Waals surface area contributed by atoms with Crippen LogP contribution in [0.5, 0.6) is 0 Å². The lowest BCUT2D eigenvalue weighted by Crippen LogP contribution is -2.34. The largest absolute Gasteiger partial charge is 0.341 e. The van der Waals surface area contributed by atoms with Crippen molar-refractivity contribution in [2.24, 2.45) is 0 Å². The van der Waals surface area contributed by atoms with Crippen molar-refractivity contribution < 1.29 is 4.79 Å². The fourth-order valence-corrected chi connectivity index (χ4v) is 1.61. The minimum absolute atomic E-state index is 0.0879. The van der Waals surface area contributed by atoms with Gasteiger partial charge in [-0.25, -0.2) is 4.79 Å². The molecule has 0 aliphatic rings. The Morgan fingerprint density at radius 2 is 2.42 bits per heavy atom. The first-order chi connectivity index (χ1) is 5.74. The third-order valence-corrected chi connectivity index (χ3v) is 2.60. The van der Waals surface area contributed by atoms with E-state index in [0.29, 0.717) is 0 Å². The van der Waals surface area contributed by atoms with Gasteiger partial charge in [-0.15, -0.1) is 11.3 Å². The first kappa shape index (κ1) is 9.06. The van der Waals surface area contributed by atoms with Gasteiger partial charge in [-0.3, -0.25) is 0 Å². The number of rotatable bonds is 2. The van der Waals surface area contributed by atoms with E-state index in [9.17, 15) is 4.79 Å². The zero-order valence-electron chi connectivity index (χ0n) is 7.13. The van der Waals surface area contributed by atoms with E-state index < -0.39 is 0 Å². The molecule has 0 spiro atoms.